The van der Waals surface area contributed by atoms with E-state index in [0.717, 1.165) is 11.0 Å². The molecule has 2 aromatic rings. The van der Waals surface area contributed by atoms with Gasteiger partial charge in [0.1, 0.15) is 5.65 Å². The smallest absolute Gasteiger partial charge is 0.139 e. The van der Waals surface area contributed by atoms with Crippen LogP contribution in [0.4, 0.5) is 0 Å². The Morgan fingerprint density at radius 2 is 2.25 bits per heavy atom. The molecule has 0 spiro atoms. The van der Waals surface area contributed by atoms with Crippen molar-refractivity contribution < 1.29 is 5.11 Å². The van der Waals surface area contributed by atoms with Crippen LogP contribution in [0.3, 0.4) is 0 Å². The molecule has 1 N–H and O–H groups in total. The van der Waals surface area contributed by atoms with Crippen LogP contribution in [0.1, 0.15) is 5.69 Å². The Balaban J connectivity index is 2.71. The maximum absolute atomic E-state index is 8.85. The molecular weight excluding hydrogens is 152 g/mol. The summed E-state index contributed by atoms with van der Waals surface area (Å²) < 4.78 is 1.94. The summed E-state index contributed by atoms with van der Waals surface area (Å²) in [6.45, 7) is 0.00111. The summed E-state index contributed by atoms with van der Waals surface area (Å²) in [4.78, 5) is 4.27. The zero-order valence-electron chi connectivity index (χ0n) is 6.86. The third-order valence-corrected chi connectivity index (χ3v) is 1.94. The molecule has 0 fully saturated rings. The number of nitrogens with zero attached hydrogens (tertiary/aromatic N) is 2. The highest BCUT2D eigenvalue weighted by Crippen LogP contribution is 2.12. The number of aryl methyl sites for hydroxylation is 1. The molecule has 0 bridgehead atoms. The Labute approximate surface area is 70.3 Å². The van der Waals surface area contributed by atoms with Crippen LogP contribution in [0.2, 0.25) is 0 Å². The van der Waals surface area contributed by atoms with Crippen molar-refractivity contribution in [3.8, 4) is 0 Å². The first-order valence-corrected chi connectivity index (χ1v) is 3.83. The van der Waals surface area contributed by atoms with Crippen LogP contribution in [-0.2, 0) is 13.7 Å². The van der Waals surface area contributed by atoms with Gasteiger partial charge in [-0.05, 0) is 18.2 Å². The van der Waals surface area contributed by atoms with E-state index >= 15 is 0 Å². The van der Waals surface area contributed by atoms with E-state index in [1.807, 2.05) is 36.0 Å². The molecule has 0 atom stereocenters. The van der Waals surface area contributed by atoms with Gasteiger partial charge in [-0.3, -0.25) is 0 Å². The van der Waals surface area contributed by atoms with Crippen molar-refractivity contribution >= 4 is 11.0 Å². The molecule has 0 unspecified atom stereocenters. The molecule has 0 aromatic carbocycles. The van der Waals surface area contributed by atoms with Crippen molar-refractivity contribution in [2.24, 2.45) is 7.05 Å². The highest BCUT2D eigenvalue weighted by atomic mass is 16.3. The minimum absolute atomic E-state index is 0.00111. The molecule has 0 saturated carbocycles. The normalized spacial score (nSPS) is 10.8. The van der Waals surface area contributed by atoms with Crippen molar-refractivity contribution in [3.63, 3.8) is 0 Å². The monoisotopic (exact) mass is 162 g/mol. The highest BCUT2D eigenvalue weighted by molar-refractivity contribution is 5.76. The van der Waals surface area contributed by atoms with Gasteiger partial charge in [0.25, 0.3) is 0 Å². The number of aliphatic hydroxyl groups excluding tert-OH is 1. The Hall–Kier alpha value is -1.35. The summed E-state index contributed by atoms with van der Waals surface area (Å²) in [6.07, 6.45) is 1.96. The first-order valence-electron chi connectivity index (χ1n) is 3.83. The Bertz CT molecular complexity index is 406. The summed E-state index contributed by atoms with van der Waals surface area (Å²) in [6, 6.07) is 5.81. The summed E-state index contributed by atoms with van der Waals surface area (Å²) >= 11 is 0. The summed E-state index contributed by atoms with van der Waals surface area (Å²) in [5.74, 6) is 0. The van der Waals surface area contributed by atoms with Crippen molar-refractivity contribution in [2.75, 3.05) is 0 Å². The number of rotatable bonds is 1. The van der Waals surface area contributed by atoms with Crippen molar-refractivity contribution in [1.29, 1.82) is 0 Å². The van der Waals surface area contributed by atoms with Crippen LogP contribution in [0.15, 0.2) is 24.4 Å². The number of fused-ring (bicyclic) bond motifs is 1. The van der Waals surface area contributed by atoms with Gasteiger partial charge in [0.05, 0.1) is 12.3 Å². The minimum Gasteiger partial charge on any atom is -0.390 e. The Morgan fingerprint density at radius 3 is 3.00 bits per heavy atom. The second kappa shape index (κ2) is 2.60. The fourth-order valence-electron chi connectivity index (χ4n) is 1.26. The van der Waals surface area contributed by atoms with E-state index in [0.29, 0.717) is 5.69 Å². The average Bonchev–Trinajstić information content (AvgIpc) is 2.47. The first kappa shape index (κ1) is 7.31. The predicted molar refractivity (Wildman–Crippen MR) is 46.6 cm³/mol. The highest BCUT2D eigenvalue weighted by Gasteiger charge is 1.99. The third-order valence-electron chi connectivity index (χ3n) is 1.94. The maximum atomic E-state index is 8.85. The Kier molecular flexibility index (Phi) is 1.59. The molecule has 0 radical (unpaired) electrons. The van der Waals surface area contributed by atoms with E-state index in [1.54, 1.807) is 0 Å². The molecule has 62 valence electrons. The van der Waals surface area contributed by atoms with E-state index in [4.69, 9.17) is 5.11 Å². The average molecular weight is 162 g/mol. The molecule has 0 aliphatic heterocycles. The summed E-state index contributed by atoms with van der Waals surface area (Å²) in [5, 5.41) is 9.96. The van der Waals surface area contributed by atoms with Crippen LogP contribution in [-0.4, -0.2) is 14.7 Å². The molecule has 12 heavy (non-hydrogen) atoms. The molecule has 2 aromatic heterocycles. The van der Waals surface area contributed by atoms with Crippen molar-refractivity contribution in [3.05, 3.63) is 30.1 Å². The zero-order valence-corrected chi connectivity index (χ0v) is 6.86. The van der Waals surface area contributed by atoms with Gasteiger partial charge in [-0.1, -0.05) is 0 Å². The van der Waals surface area contributed by atoms with E-state index < -0.39 is 0 Å². The second-order valence-corrected chi connectivity index (χ2v) is 2.80. The lowest BCUT2D eigenvalue weighted by molar-refractivity contribution is 0.277. The van der Waals surface area contributed by atoms with Crippen LogP contribution < -0.4 is 0 Å². The van der Waals surface area contributed by atoms with Gasteiger partial charge in [-0.2, -0.15) is 0 Å². The topological polar surface area (TPSA) is 38.0 Å². The fraction of sp³-hybridized carbons (Fsp3) is 0.222. The molecule has 2 heterocycles. The number of pyridine rings is 1. The van der Waals surface area contributed by atoms with Gasteiger partial charge in [0.15, 0.2) is 0 Å². The maximum Gasteiger partial charge on any atom is 0.139 e. The lowest BCUT2D eigenvalue weighted by Crippen LogP contribution is -1.92. The second-order valence-electron chi connectivity index (χ2n) is 2.80. The molecule has 0 aliphatic carbocycles. The van der Waals surface area contributed by atoms with E-state index in [2.05, 4.69) is 4.98 Å². The molecular formula is C9H10N2O. The van der Waals surface area contributed by atoms with Gasteiger partial charge < -0.3 is 9.67 Å². The van der Waals surface area contributed by atoms with Gasteiger partial charge in [0.2, 0.25) is 0 Å². The van der Waals surface area contributed by atoms with Crippen LogP contribution in [0.5, 0.6) is 0 Å². The lowest BCUT2D eigenvalue weighted by atomic mass is 10.3. The Morgan fingerprint density at radius 1 is 1.42 bits per heavy atom. The summed E-state index contributed by atoms with van der Waals surface area (Å²) in [7, 11) is 1.94. The number of hydrogen-bond acceptors (Lipinski definition) is 2. The van der Waals surface area contributed by atoms with E-state index in [-0.39, 0.29) is 6.61 Å². The number of aromatic nitrogens is 2. The van der Waals surface area contributed by atoms with Gasteiger partial charge in [0, 0.05) is 18.6 Å². The van der Waals surface area contributed by atoms with Crippen molar-refractivity contribution in [2.45, 2.75) is 6.61 Å². The quantitative estimate of drug-likeness (QED) is 0.681. The molecule has 0 aliphatic rings. The van der Waals surface area contributed by atoms with Gasteiger partial charge in [-0.15, -0.1) is 0 Å². The van der Waals surface area contributed by atoms with Gasteiger partial charge >= 0.3 is 0 Å². The van der Waals surface area contributed by atoms with E-state index in [1.165, 1.54) is 0 Å². The van der Waals surface area contributed by atoms with Crippen LogP contribution in [0.25, 0.3) is 11.0 Å². The fourth-order valence-corrected chi connectivity index (χ4v) is 1.26. The van der Waals surface area contributed by atoms with Crippen molar-refractivity contribution in [1.82, 2.24) is 9.55 Å². The van der Waals surface area contributed by atoms with Crippen LogP contribution in [0, 0.1) is 0 Å². The third kappa shape index (κ3) is 0.987. The predicted octanol–water partition coefficient (Wildman–Crippen LogP) is 1.07. The number of aliphatic hydroxyl groups is 1. The SMILES string of the molecule is Cn1ccc2ccc(CO)nc21. The molecule has 3 nitrogen and oxygen atoms in total. The molecule has 2 rings (SSSR count). The lowest BCUT2D eigenvalue weighted by Gasteiger charge is -1.97. The minimum atomic E-state index is 0.00111. The van der Waals surface area contributed by atoms with Crippen LogP contribution >= 0.6 is 0 Å². The first-order chi connectivity index (χ1) is 5.81. The van der Waals surface area contributed by atoms with Gasteiger partial charge in [-0.25, -0.2) is 4.98 Å². The molecule has 0 amide bonds. The zero-order chi connectivity index (χ0) is 8.55. The number of hydrogen-bond donors (Lipinski definition) is 1. The molecule has 0 saturated heterocycles. The standard InChI is InChI=1S/C9H10N2O/c1-11-5-4-7-2-3-8(6-12)10-9(7)11/h2-5,12H,6H2,1H3. The summed E-state index contributed by atoms with van der Waals surface area (Å²) in [5.41, 5.74) is 1.63. The van der Waals surface area contributed by atoms with E-state index in [9.17, 15) is 0 Å². The largest absolute Gasteiger partial charge is 0.390 e. The molecule has 3 heteroatoms.